The Kier molecular flexibility index (Phi) is 4.24. The van der Waals surface area contributed by atoms with Crippen LogP contribution in [0.5, 0.6) is 11.5 Å². The van der Waals surface area contributed by atoms with Crippen LogP contribution in [0.15, 0.2) is 40.9 Å². The van der Waals surface area contributed by atoms with Crippen molar-refractivity contribution in [3.05, 3.63) is 52.3 Å². The van der Waals surface area contributed by atoms with Crippen molar-refractivity contribution in [3.63, 3.8) is 0 Å². The average Bonchev–Trinajstić information content (AvgIpc) is 2.44. The highest BCUT2D eigenvalue weighted by atomic mass is 79.9. The van der Waals surface area contributed by atoms with Gasteiger partial charge in [-0.25, -0.2) is 9.18 Å². The van der Waals surface area contributed by atoms with Gasteiger partial charge in [-0.15, -0.1) is 0 Å². The lowest BCUT2D eigenvalue weighted by Crippen LogP contribution is -2.06. The van der Waals surface area contributed by atoms with Crippen molar-refractivity contribution in [2.24, 2.45) is 0 Å². The normalized spacial score (nSPS) is 10.2. The highest BCUT2D eigenvalue weighted by Crippen LogP contribution is 2.35. The summed E-state index contributed by atoms with van der Waals surface area (Å²) in [5.41, 5.74) is 6.23. The van der Waals surface area contributed by atoms with Gasteiger partial charge in [0, 0.05) is 6.07 Å². The number of carbonyl (C=O) groups excluding carboxylic acids is 1. The number of para-hydroxylation sites is 1. The first kappa shape index (κ1) is 14.3. The van der Waals surface area contributed by atoms with Crippen LogP contribution in [0, 0.1) is 5.82 Å². The number of hydrogen-bond donors (Lipinski definition) is 1. The van der Waals surface area contributed by atoms with E-state index < -0.39 is 11.8 Å². The van der Waals surface area contributed by atoms with Gasteiger partial charge in [0.25, 0.3) is 0 Å². The van der Waals surface area contributed by atoms with E-state index in [9.17, 15) is 9.18 Å². The lowest BCUT2D eigenvalue weighted by molar-refractivity contribution is 0.0598. The maximum absolute atomic E-state index is 13.3. The molecular weight excluding hydrogens is 329 g/mol. The molecule has 0 amide bonds. The van der Waals surface area contributed by atoms with Gasteiger partial charge < -0.3 is 15.2 Å². The highest BCUT2D eigenvalue weighted by Gasteiger charge is 2.17. The molecule has 0 atom stereocenters. The molecule has 0 aliphatic rings. The fraction of sp³-hybridized carbons (Fsp3) is 0.0714. The van der Waals surface area contributed by atoms with E-state index >= 15 is 0 Å². The summed E-state index contributed by atoms with van der Waals surface area (Å²) in [7, 11) is 1.26. The van der Waals surface area contributed by atoms with E-state index in [-0.39, 0.29) is 22.7 Å². The zero-order valence-corrected chi connectivity index (χ0v) is 12.1. The zero-order valence-electron chi connectivity index (χ0n) is 10.5. The molecule has 2 aromatic rings. The number of ether oxygens (including phenoxy) is 2. The monoisotopic (exact) mass is 339 g/mol. The molecule has 0 saturated heterocycles. The van der Waals surface area contributed by atoms with E-state index in [1.807, 2.05) is 0 Å². The molecule has 2 rings (SSSR count). The number of esters is 1. The predicted octanol–water partition coefficient (Wildman–Crippen LogP) is 3.75. The summed E-state index contributed by atoms with van der Waals surface area (Å²) < 4.78 is 24.0. The summed E-state index contributed by atoms with van der Waals surface area (Å²) in [5.74, 6) is -0.698. The van der Waals surface area contributed by atoms with Crippen molar-refractivity contribution in [3.8, 4) is 11.5 Å². The van der Waals surface area contributed by atoms with Gasteiger partial charge in [0.1, 0.15) is 17.1 Å². The van der Waals surface area contributed by atoms with Gasteiger partial charge in [0.05, 0.1) is 17.3 Å². The van der Waals surface area contributed by atoms with Crippen LogP contribution in [0.4, 0.5) is 10.1 Å². The second kappa shape index (κ2) is 5.92. The minimum absolute atomic E-state index is 0.130. The zero-order chi connectivity index (χ0) is 14.7. The molecule has 2 aromatic carbocycles. The number of nitrogen functional groups attached to an aromatic ring is 1. The Labute approximate surface area is 123 Å². The van der Waals surface area contributed by atoms with Crippen molar-refractivity contribution in [2.75, 3.05) is 12.8 Å². The standard InChI is InChI=1S/C14H11BrFNO3/c1-19-14(18)9-3-2-4-11(17)13(9)20-12-7-8(16)5-6-10(12)15/h2-7H,17H2,1H3. The van der Waals surface area contributed by atoms with E-state index in [0.717, 1.165) is 0 Å². The van der Waals surface area contributed by atoms with Gasteiger partial charge >= 0.3 is 5.97 Å². The van der Waals surface area contributed by atoms with Gasteiger partial charge in [-0.1, -0.05) is 6.07 Å². The van der Waals surface area contributed by atoms with Gasteiger partial charge in [-0.2, -0.15) is 0 Å². The highest BCUT2D eigenvalue weighted by molar-refractivity contribution is 9.10. The Hall–Kier alpha value is -2.08. The van der Waals surface area contributed by atoms with Crippen molar-refractivity contribution >= 4 is 27.6 Å². The summed E-state index contributed by atoms with van der Waals surface area (Å²) in [6.07, 6.45) is 0. The Morgan fingerprint density at radius 1 is 1.30 bits per heavy atom. The quantitative estimate of drug-likeness (QED) is 0.683. The van der Waals surface area contributed by atoms with Crippen LogP contribution in [0.1, 0.15) is 10.4 Å². The van der Waals surface area contributed by atoms with Crippen LogP contribution in [0.3, 0.4) is 0 Å². The number of halogens is 2. The molecule has 104 valence electrons. The first-order valence-corrected chi connectivity index (χ1v) is 6.42. The average molecular weight is 340 g/mol. The molecule has 0 aliphatic heterocycles. The number of benzene rings is 2. The van der Waals surface area contributed by atoms with Gasteiger partial charge in [-0.3, -0.25) is 0 Å². The van der Waals surface area contributed by atoms with Crippen molar-refractivity contribution in [1.29, 1.82) is 0 Å². The van der Waals surface area contributed by atoms with Gasteiger partial charge in [0.15, 0.2) is 5.75 Å². The first-order chi connectivity index (χ1) is 9.52. The molecule has 0 radical (unpaired) electrons. The van der Waals surface area contributed by atoms with Crippen molar-refractivity contribution < 1.29 is 18.7 Å². The number of methoxy groups -OCH3 is 1. The summed E-state index contributed by atoms with van der Waals surface area (Å²) in [4.78, 5) is 11.7. The summed E-state index contributed by atoms with van der Waals surface area (Å²) in [5, 5.41) is 0. The second-order valence-corrected chi connectivity index (χ2v) is 4.75. The Morgan fingerprint density at radius 3 is 2.75 bits per heavy atom. The van der Waals surface area contributed by atoms with Gasteiger partial charge in [-0.05, 0) is 40.2 Å². The molecule has 2 N–H and O–H groups in total. The van der Waals surface area contributed by atoms with Gasteiger partial charge in [0.2, 0.25) is 0 Å². The van der Waals surface area contributed by atoms with Crippen molar-refractivity contribution in [2.45, 2.75) is 0 Å². The molecule has 0 bridgehead atoms. The lowest BCUT2D eigenvalue weighted by atomic mass is 10.1. The minimum Gasteiger partial charge on any atom is -0.465 e. The molecule has 0 spiro atoms. The lowest BCUT2D eigenvalue weighted by Gasteiger charge is -2.13. The van der Waals surface area contributed by atoms with E-state index in [0.29, 0.717) is 4.47 Å². The van der Waals surface area contributed by atoms with Crippen LogP contribution in [-0.4, -0.2) is 13.1 Å². The molecular formula is C14H11BrFNO3. The SMILES string of the molecule is COC(=O)c1cccc(N)c1Oc1cc(F)ccc1Br. The van der Waals surface area contributed by atoms with E-state index in [2.05, 4.69) is 20.7 Å². The topological polar surface area (TPSA) is 61.5 Å². The molecule has 0 unspecified atom stereocenters. The smallest absolute Gasteiger partial charge is 0.341 e. The molecule has 0 saturated carbocycles. The minimum atomic E-state index is -0.583. The Balaban J connectivity index is 2.47. The van der Waals surface area contributed by atoms with Crippen LogP contribution in [0.2, 0.25) is 0 Å². The van der Waals surface area contributed by atoms with Crippen LogP contribution in [-0.2, 0) is 4.74 Å². The predicted molar refractivity (Wildman–Crippen MR) is 76.4 cm³/mol. The van der Waals surface area contributed by atoms with E-state index in [1.54, 1.807) is 12.1 Å². The van der Waals surface area contributed by atoms with E-state index in [4.69, 9.17) is 10.5 Å². The number of hydrogen-bond acceptors (Lipinski definition) is 4. The number of carbonyl (C=O) groups is 1. The molecule has 4 nitrogen and oxygen atoms in total. The van der Waals surface area contributed by atoms with Crippen LogP contribution >= 0.6 is 15.9 Å². The fourth-order valence-electron chi connectivity index (χ4n) is 1.60. The molecule has 0 aliphatic carbocycles. The summed E-state index contributed by atoms with van der Waals surface area (Å²) >= 11 is 3.24. The van der Waals surface area contributed by atoms with Crippen molar-refractivity contribution in [1.82, 2.24) is 0 Å². The largest absolute Gasteiger partial charge is 0.465 e. The molecule has 6 heteroatoms. The molecule has 0 aromatic heterocycles. The fourth-order valence-corrected chi connectivity index (χ4v) is 1.93. The summed E-state index contributed by atoms with van der Waals surface area (Å²) in [6.45, 7) is 0. The van der Waals surface area contributed by atoms with Crippen LogP contribution in [0.25, 0.3) is 0 Å². The maximum atomic E-state index is 13.3. The first-order valence-electron chi connectivity index (χ1n) is 5.62. The maximum Gasteiger partial charge on any atom is 0.341 e. The summed E-state index contributed by atoms with van der Waals surface area (Å²) in [6, 6.07) is 8.68. The number of rotatable bonds is 3. The second-order valence-electron chi connectivity index (χ2n) is 3.89. The van der Waals surface area contributed by atoms with Crippen LogP contribution < -0.4 is 10.5 Å². The Bertz CT molecular complexity index is 661. The third-order valence-electron chi connectivity index (χ3n) is 2.56. The van der Waals surface area contributed by atoms with E-state index in [1.165, 1.54) is 31.4 Å². The molecule has 0 fully saturated rings. The molecule has 0 heterocycles. The Morgan fingerprint density at radius 2 is 2.05 bits per heavy atom. The molecule has 20 heavy (non-hydrogen) atoms. The number of anilines is 1. The third kappa shape index (κ3) is 2.91. The number of nitrogens with two attached hydrogens (primary N) is 1. The third-order valence-corrected chi connectivity index (χ3v) is 3.21.